The fourth-order valence-corrected chi connectivity index (χ4v) is 2.58. The van der Waals surface area contributed by atoms with E-state index in [1.807, 2.05) is 30.3 Å². The van der Waals surface area contributed by atoms with Crippen LogP contribution in [0, 0.1) is 0 Å². The van der Waals surface area contributed by atoms with Crippen LogP contribution in [0.2, 0.25) is 0 Å². The minimum Gasteiger partial charge on any atom is -0.508 e. The number of rotatable bonds is 7. The number of amides is 1. The topological polar surface area (TPSA) is 87.1 Å². The van der Waals surface area contributed by atoms with E-state index in [-0.39, 0.29) is 11.7 Å². The highest BCUT2D eigenvalue weighted by atomic mass is 16.3. The Labute approximate surface area is 152 Å². The number of phenols is 1. The van der Waals surface area contributed by atoms with Crippen LogP contribution in [0.25, 0.3) is 0 Å². The number of carbonyl (C=O) groups is 1. The molecule has 0 bridgehead atoms. The Bertz CT molecular complexity index is 841. The second-order valence-corrected chi connectivity index (χ2v) is 5.84. The molecule has 0 radical (unpaired) electrons. The van der Waals surface area contributed by atoms with E-state index in [2.05, 4.69) is 20.6 Å². The Morgan fingerprint density at radius 1 is 0.923 bits per heavy atom. The van der Waals surface area contributed by atoms with E-state index in [4.69, 9.17) is 0 Å². The first kappa shape index (κ1) is 17.6. The van der Waals surface area contributed by atoms with Crippen molar-refractivity contribution in [3.63, 3.8) is 0 Å². The normalized spacial score (nSPS) is 11.7. The number of aromatic hydroxyl groups is 1. The summed E-state index contributed by atoms with van der Waals surface area (Å²) in [5, 5.41) is 15.9. The Kier molecular flexibility index (Phi) is 5.90. The van der Waals surface area contributed by atoms with E-state index in [0.29, 0.717) is 18.7 Å². The molecule has 2 heterocycles. The van der Waals surface area contributed by atoms with Crippen LogP contribution in [0.4, 0.5) is 0 Å². The third kappa shape index (κ3) is 4.87. The fourth-order valence-electron chi connectivity index (χ4n) is 2.58. The quantitative estimate of drug-likeness (QED) is 0.610. The minimum atomic E-state index is -0.586. The van der Waals surface area contributed by atoms with Crippen molar-refractivity contribution in [1.29, 1.82) is 0 Å². The summed E-state index contributed by atoms with van der Waals surface area (Å²) < 4.78 is 0. The maximum Gasteiger partial charge on any atom is 0.242 e. The van der Waals surface area contributed by atoms with Gasteiger partial charge in [-0.3, -0.25) is 20.1 Å². The van der Waals surface area contributed by atoms with Gasteiger partial charge in [-0.1, -0.05) is 12.1 Å². The van der Waals surface area contributed by atoms with Crippen LogP contribution in [-0.2, 0) is 17.9 Å². The summed E-state index contributed by atoms with van der Waals surface area (Å²) in [4.78, 5) is 20.7. The summed E-state index contributed by atoms with van der Waals surface area (Å²) >= 11 is 0. The zero-order valence-electron chi connectivity index (χ0n) is 14.2. The molecule has 0 aliphatic heterocycles. The molecule has 3 rings (SSSR count). The molecule has 2 aromatic heterocycles. The van der Waals surface area contributed by atoms with E-state index in [0.717, 1.165) is 11.1 Å². The molecule has 1 amide bonds. The first-order valence-electron chi connectivity index (χ1n) is 8.30. The SMILES string of the molecule is O=C(NCc1ccncc1)C(NCc1ccncc1)c1cccc(O)c1. The first-order chi connectivity index (χ1) is 12.7. The van der Waals surface area contributed by atoms with Crippen molar-refractivity contribution in [3.05, 3.63) is 90.0 Å². The number of carbonyl (C=O) groups excluding carboxylic acids is 1. The average Bonchev–Trinajstić information content (AvgIpc) is 2.68. The summed E-state index contributed by atoms with van der Waals surface area (Å²) in [5.41, 5.74) is 2.69. The average molecular weight is 348 g/mol. The van der Waals surface area contributed by atoms with Crippen molar-refractivity contribution in [1.82, 2.24) is 20.6 Å². The fraction of sp³-hybridized carbons (Fsp3) is 0.150. The highest BCUT2D eigenvalue weighted by Crippen LogP contribution is 2.19. The second-order valence-electron chi connectivity index (χ2n) is 5.84. The van der Waals surface area contributed by atoms with E-state index in [1.165, 1.54) is 0 Å². The van der Waals surface area contributed by atoms with E-state index in [1.54, 1.807) is 43.0 Å². The number of phenolic OH excluding ortho intramolecular Hbond substituents is 1. The number of hydrogen-bond acceptors (Lipinski definition) is 5. The minimum absolute atomic E-state index is 0.125. The van der Waals surface area contributed by atoms with Crippen molar-refractivity contribution in [2.75, 3.05) is 0 Å². The molecule has 0 spiro atoms. The summed E-state index contributed by atoms with van der Waals surface area (Å²) in [6.45, 7) is 0.916. The third-order valence-electron chi connectivity index (χ3n) is 3.94. The summed E-state index contributed by atoms with van der Waals surface area (Å²) in [7, 11) is 0. The molecule has 3 N–H and O–H groups in total. The molecule has 0 aliphatic rings. The first-order valence-corrected chi connectivity index (χ1v) is 8.30. The maximum absolute atomic E-state index is 12.8. The molecule has 0 saturated carbocycles. The van der Waals surface area contributed by atoms with Gasteiger partial charge in [-0.25, -0.2) is 0 Å². The molecule has 1 atom stereocenters. The lowest BCUT2D eigenvalue weighted by atomic mass is 10.0. The molecule has 132 valence electrons. The predicted octanol–water partition coefficient (Wildman–Crippen LogP) is 2.33. The maximum atomic E-state index is 12.8. The van der Waals surface area contributed by atoms with Gasteiger partial charge in [-0.05, 0) is 53.1 Å². The lowest BCUT2D eigenvalue weighted by molar-refractivity contribution is -0.123. The Balaban J connectivity index is 1.72. The summed E-state index contributed by atoms with van der Waals surface area (Å²) in [5.74, 6) is -0.0402. The molecular weight excluding hydrogens is 328 g/mol. The van der Waals surface area contributed by atoms with Crippen LogP contribution in [0.3, 0.4) is 0 Å². The summed E-state index contributed by atoms with van der Waals surface area (Å²) in [6.07, 6.45) is 6.81. The number of benzene rings is 1. The number of nitrogens with one attached hydrogen (secondary N) is 2. The van der Waals surface area contributed by atoms with E-state index >= 15 is 0 Å². The third-order valence-corrected chi connectivity index (χ3v) is 3.94. The van der Waals surface area contributed by atoms with Crippen LogP contribution in [-0.4, -0.2) is 21.0 Å². The smallest absolute Gasteiger partial charge is 0.242 e. The summed E-state index contributed by atoms with van der Waals surface area (Å²) in [6, 6.07) is 13.6. The molecule has 6 heteroatoms. The van der Waals surface area contributed by atoms with E-state index in [9.17, 15) is 9.90 Å². The molecule has 0 fully saturated rings. The van der Waals surface area contributed by atoms with Gasteiger partial charge in [0.15, 0.2) is 0 Å². The molecule has 3 aromatic rings. The van der Waals surface area contributed by atoms with Crippen molar-refractivity contribution < 1.29 is 9.90 Å². The van der Waals surface area contributed by atoms with Gasteiger partial charge in [0.1, 0.15) is 11.8 Å². The molecule has 0 saturated heterocycles. The molecule has 1 unspecified atom stereocenters. The molecule has 26 heavy (non-hydrogen) atoms. The Morgan fingerprint density at radius 3 is 2.15 bits per heavy atom. The standard InChI is InChI=1S/C20H20N4O2/c25-18-3-1-2-17(12-18)19(23-13-15-4-8-21-9-5-15)20(26)24-14-16-6-10-22-11-7-16/h1-12,19,23,25H,13-14H2,(H,24,26). The van der Waals surface area contributed by atoms with Crippen molar-refractivity contribution in [2.24, 2.45) is 0 Å². The molecule has 6 nitrogen and oxygen atoms in total. The Hall–Kier alpha value is -3.25. The molecular formula is C20H20N4O2. The second kappa shape index (κ2) is 8.73. The van der Waals surface area contributed by atoms with Crippen molar-refractivity contribution >= 4 is 5.91 Å². The van der Waals surface area contributed by atoms with Gasteiger partial charge in [-0.15, -0.1) is 0 Å². The van der Waals surface area contributed by atoms with Gasteiger partial charge in [-0.2, -0.15) is 0 Å². The van der Waals surface area contributed by atoms with E-state index < -0.39 is 6.04 Å². The van der Waals surface area contributed by atoms with Crippen molar-refractivity contribution in [3.8, 4) is 5.75 Å². The van der Waals surface area contributed by atoms with Gasteiger partial charge in [0.2, 0.25) is 5.91 Å². The number of aromatic nitrogens is 2. The largest absolute Gasteiger partial charge is 0.508 e. The lowest BCUT2D eigenvalue weighted by Gasteiger charge is -2.19. The van der Waals surface area contributed by atoms with Gasteiger partial charge in [0, 0.05) is 37.9 Å². The van der Waals surface area contributed by atoms with Gasteiger partial charge >= 0.3 is 0 Å². The molecule has 0 aliphatic carbocycles. The van der Waals surface area contributed by atoms with Crippen LogP contribution in [0.5, 0.6) is 5.75 Å². The van der Waals surface area contributed by atoms with Crippen molar-refractivity contribution in [2.45, 2.75) is 19.1 Å². The van der Waals surface area contributed by atoms with Crippen LogP contribution in [0.15, 0.2) is 73.3 Å². The number of hydrogen-bond donors (Lipinski definition) is 3. The zero-order valence-corrected chi connectivity index (χ0v) is 14.2. The Morgan fingerprint density at radius 2 is 1.54 bits per heavy atom. The highest BCUT2D eigenvalue weighted by molar-refractivity contribution is 5.83. The van der Waals surface area contributed by atoms with Gasteiger partial charge in [0.05, 0.1) is 0 Å². The number of pyridine rings is 2. The van der Waals surface area contributed by atoms with Gasteiger partial charge < -0.3 is 10.4 Å². The molecule has 1 aromatic carbocycles. The monoisotopic (exact) mass is 348 g/mol. The van der Waals surface area contributed by atoms with Crippen LogP contribution in [0.1, 0.15) is 22.7 Å². The van der Waals surface area contributed by atoms with Crippen LogP contribution >= 0.6 is 0 Å². The van der Waals surface area contributed by atoms with Gasteiger partial charge in [0.25, 0.3) is 0 Å². The number of nitrogens with zero attached hydrogens (tertiary/aromatic N) is 2. The highest BCUT2D eigenvalue weighted by Gasteiger charge is 2.20. The van der Waals surface area contributed by atoms with Crippen LogP contribution < -0.4 is 10.6 Å². The zero-order chi connectivity index (χ0) is 18.2. The lowest BCUT2D eigenvalue weighted by Crippen LogP contribution is -2.37. The predicted molar refractivity (Wildman–Crippen MR) is 98.0 cm³/mol.